The number of nitrogen functional groups attached to an aromatic ring is 1. The first kappa shape index (κ1) is 12.0. The lowest BCUT2D eigenvalue weighted by Gasteiger charge is -2.05. The number of hydrogen-bond donors (Lipinski definition) is 1. The first-order valence-electron chi connectivity index (χ1n) is 5.79. The van der Waals surface area contributed by atoms with Gasteiger partial charge in [0.05, 0.1) is 12.1 Å². The second kappa shape index (κ2) is 4.55. The largest absolute Gasteiger partial charge is 0.497 e. The first-order chi connectivity index (χ1) is 8.69. The molecule has 1 aliphatic carbocycles. The van der Waals surface area contributed by atoms with Crippen molar-refractivity contribution in [2.24, 2.45) is 0 Å². The van der Waals surface area contributed by atoms with E-state index in [1.54, 1.807) is 18.4 Å². The molecule has 18 heavy (non-hydrogen) atoms. The third kappa shape index (κ3) is 2.12. The van der Waals surface area contributed by atoms with Crippen molar-refractivity contribution in [3.05, 3.63) is 27.7 Å². The summed E-state index contributed by atoms with van der Waals surface area (Å²) >= 11 is 5.15. The molecule has 1 fully saturated rings. The Morgan fingerprint density at radius 1 is 1.44 bits per heavy atom. The summed E-state index contributed by atoms with van der Waals surface area (Å²) in [6.07, 6.45) is 2.48. The van der Waals surface area contributed by atoms with E-state index in [0.717, 1.165) is 31.5 Å². The van der Waals surface area contributed by atoms with Gasteiger partial charge in [-0.3, -0.25) is 0 Å². The normalized spacial score (nSPS) is 14.8. The summed E-state index contributed by atoms with van der Waals surface area (Å²) in [5, 5.41) is 1.95. The summed E-state index contributed by atoms with van der Waals surface area (Å²) in [4.78, 5) is 4.69. The summed E-state index contributed by atoms with van der Waals surface area (Å²) in [5.74, 6) is 1.45. The third-order valence-electron chi connectivity index (χ3n) is 3.03. The molecule has 0 atom stereocenters. The third-order valence-corrected chi connectivity index (χ3v) is 4.76. The van der Waals surface area contributed by atoms with Gasteiger partial charge in [0.2, 0.25) is 0 Å². The van der Waals surface area contributed by atoms with E-state index in [2.05, 4.69) is 20.9 Å². The molecule has 0 amide bonds. The zero-order valence-electron chi connectivity index (χ0n) is 9.94. The van der Waals surface area contributed by atoms with E-state index in [0.29, 0.717) is 5.92 Å². The maximum atomic E-state index is 6.09. The summed E-state index contributed by atoms with van der Waals surface area (Å²) in [7, 11) is 1.66. The van der Waals surface area contributed by atoms with Gasteiger partial charge >= 0.3 is 0 Å². The van der Waals surface area contributed by atoms with Crippen LogP contribution in [0.3, 0.4) is 0 Å². The second-order valence-corrected chi connectivity index (χ2v) is 6.30. The number of aromatic nitrogens is 1. The SMILES string of the molecule is COc1ccc(Br)c(-c2nc(C3CC3)sc2N)c1. The first-order valence-corrected chi connectivity index (χ1v) is 7.40. The van der Waals surface area contributed by atoms with Gasteiger partial charge in [0, 0.05) is 16.0 Å². The van der Waals surface area contributed by atoms with Crippen LogP contribution in [0, 0.1) is 0 Å². The molecule has 1 aromatic heterocycles. The number of rotatable bonds is 3. The fourth-order valence-corrected chi connectivity index (χ4v) is 3.31. The molecule has 1 saturated carbocycles. The maximum absolute atomic E-state index is 6.09. The van der Waals surface area contributed by atoms with Gasteiger partial charge in [-0.05, 0) is 31.0 Å². The van der Waals surface area contributed by atoms with Crippen molar-refractivity contribution < 1.29 is 4.74 Å². The van der Waals surface area contributed by atoms with E-state index in [9.17, 15) is 0 Å². The van der Waals surface area contributed by atoms with Gasteiger partial charge in [-0.2, -0.15) is 0 Å². The average Bonchev–Trinajstić information content (AvgIpc) is 3.14. The second-order valence-electron chi connectivity index (χ2n) is 4.39. The number of thiazole rings is 1. The highest BCUT2D eigenvalue weighted by Gasteiger charge is 2.28. The van der Waals surface area contributed by atoms with Gasteiger partial charge in [0.25, 0.3) is 0 Å². The van der Waals surface area contributed by atoms with E-state index in [4.69, 9.17) is 10.5 Å². The molecule has 0 unspecified atom stereocenters. The Morgan fingerprint density at radius 2 is 2.22 bits per heavy atom. The Morgan fingerprint density at radius 3 is 2.89 bits per heavy atom. The average molecular weight is 325 g/mol. The van der Waals surface area contributed by atoms with Crippen LogP contribution in [0.15, 0.2) is 22.7 Å². The molecule has 1 heterocycles. The Balaban J connectivity index is 2.07. The molecule has 0 spiro atoms. The van der Waals surface area contributed by atoms with Gasteiger partial charge in [-0.1, -0.05) is 15.9 Å². The molecular weight excluding hydrogens is 312 g/mol. The van der Waals surface area contributed by atoms with Crippen molar-refractivity contribution in [3.8, 4) is 17.0 Å². The molecule has 0 aliphatic heterocycles. The summed E-state index contributed by atoms with van der Waals surface area (Å²) in [6, 6.07) is 5.84. The van der Waals surface area contributed by atoms with E-state index in [1.165, 1.54) is 12.8 Å². The van der Waals surface area contributed by atoms with Crippen molar-refractivity contribution >= 4 is 32.3 Å². The Bertz CT molecular complexity index is 593. The van der Waals surface area contributed by atoms with Crippen LogP contribution in [-0.4, -0.2) is 12.1 Å². The molecule has 3 rings (SSSR count). The van der Waals surface area contributed by atoms with Crippen molar-refractivity contribution in [1.82, 2.24) is 4.98 Å². The Labute approximate surface area is 118 Å². The number of nitrogens with two attached hydrogens (primary N) is 1. The minimum Gasteiger partial charge on any atom is -0.497 e. The fourth-order valence-electron chi connectivity index (χ4n) is 1.86. The van der Waals surface area contributed by atoms with Crippen LogP contribution in [-0.2, 0) is 0 Å². The summed E-state index contributed by atoms with van der Waals surface area (Å²) in [6.45, 7) is 0. The molecular formula is C13H13BrN2OS. The van der Waals surface area contributed by atoms with Gasteiger partial charge in [-0.25, -0.2) is 4.98 Å². The summed E-state index contributed by atoms with van der Waals surface area (Å²) < 4.78 is 6.24. The zero-order valence-corrected chi connectivity index (χ0v) is 12.3. The Kier molecular flexibility index (Phi) is 3.03. The van der Waals surface area contributed by atoms with E-state index < -0.39 is 0 Å². The molecule has 0 saturated heterocycles. The number of nitrogens with zero attached hydrogens (tertiary/aromatic N) is 1. The smallest absolute Gasteiger partial charge is 0.119 e. The predicted molar refractivity (Wildman–Crippen MR) is 78.2 cm³/mol. The van der Waals surface area contributed by atoms with Gasteiger partial charge in [-0.15, -0.1) is 11.3 Å². The molecule has 94 valence electrons. The number of methoxy groups -OCH3 is 1. The zero-order chi connectivity index (χ0) is 12.7. The maximum Gasteiger partial charge on any atom is 0.119 e. The molecule has 2 aromatic rings. The molecule has 1 aromatic carbocycles. The van der Waals surface area contributed by atoms with Crippen LogP contribution < -0.4 is 10.5 Å². The van der Waals surface area contributed by atoms with Crippen LogP contribution in [0.2, 0.25) is 0 Å². The monoisotopic (exact) mass is 324 g/mol. The standard InChI is InChI=1S/C13H13BrN2OS/c1-17-8-4-5-10(14)9(6-8)11-12(15)18-13(16-11)7-2-3-7/h4-7H,2-3,15H2,1H3. The highest BCUT2D eigenvalue weighted by molar-refractivity contribution is 9.10. The molecule has 2 N–H and O–H groups in total. The molecule has 3 nitrogen and oxygen atoms in total. The van der Waals surface area contributed by atoms with Crippen LogP contribution in [0.5, 0.6) is 5.75 Å². The minimum absolute atomic E-state index is 0.635. The summed E-state index contributed by atoms with van der Waals surface area (Å²) in [5.41, 5.74) is 7.96. The molecule has 1 aliphatic rings. The number of benzene rings is 1. The lowest BCUT2D eigenvalue weighted by Crippen LogP contribution is -1.89. The molecule has 0 radical (unpaired) electrons. The van der Waals surface area contributed by atoms with E-state index in [1.807, 2.05) is 18.2 Å². The number of anilines is 1. The topological polar surface area (TPSA) is 48.1 Å². The van der Waals surface area contributed by atoms with Crippen molar-refractivity contribution in [2.75, 3.05) is 12.8 Å². The number of hydrogen-bond acceptors (Lipinski definition) is 4. The fraction of sp³-hybridized carbons (Fsp3) is 0.308. The van der Waals surface area contributed by atoms with Gasteiger partial charge in [0.1, 0.15) is 16.4 Å². The van der Waals surface area contributed by atoms with Gasteiger partial charge < -0.3 is 10.5 Å². The minimum atomic E-state index is 0.635. The van der Waals surface area contributed by atoms with Crippen molar-refractivity contribution in [3.63, 3.8) is 0 Å². The van der Waals surface area contributed by atoms with E-state index >= 15 is 0 Å². The van der Waals surface area contributed by atoms with Crippen molar-refractivity contribution in [2.45, 2.75) is 18.8 Å². The van der Waals surface area contributed by atoms with Crippen LogP contribution >= 0.6 is 27.3 Å². The highest BCUT2D eigenvalue weighted by atomic mass is 79.9. The van der Waals surface area contributed by atoms with Crippen LogP contribution in [0.25, 0.3) is 11.3 Å². The van der Waals surface area contributed by atoms with Gasteiger partial charge in [0.15, 0.2) is 0 Å². The molecule has 0 bridgehead atoms. The van der Waals surface area contributed by atoms with Crippen molar-refractivity contribution in [1.29, 1.82) is 0 Å². The lowest BCUT2D eigenvalue weighted by molar-refractivity contribution is 0.415. The number of halogens is 1. The van der Waals surface area contributed by atoms with Crippen LogP contribution in [0.4, 0.5) is 5.00 Å². The Hall–Kier alpha value is -1.07. The molecule has 5 heteroatoms. The predicted octanol–water partition coefficient (Wildman–Crippen LogP) is 4.04. The number of ether oxygens (including phenoxy) is 1. The lowest BCUT2D eigenvalue weighted by atomic mass is 10.1. The van der Waals surface area contributed by atoms with E-state index in [-0.39, 0.29) is 0 Å². The highest BCUT2D eigenvalue weighted by Crippen LogP contribution is 2.46. The quantitative estimate of drug-likeness (QED) is 0.926. The van der Waals surface area contributed by atoms with Crippen LogP contribution in [0.1, 0.15) is 23.8 Å².